The SMILES string of the molecule is COc1ccc(CN(Cc2ccc(OC)cc2)c2cc(N(C)c3ccc(S(C)(=O)=O)cc3C)cc3c2ncn3C)cc1. The summed E-state index contributed by atoms with van der Waals surface area (Å²) in [5, 5.41) is 0. The predicted molar refractivity (Wildman–Crippen MR) is 169 cm³/mol. The third kappa shape index (κ3) is 6.06. The summed E-state index contributed by atoms with van der Waals surface area (Å²) >= 11 is 0. The Bertz CT molecular complexity index is 1760. The van der Waals surface area contributed by atoms with Gasteiger partial charge in [-0.2, -0.15) is 0 Å². The average molecular weight is 585 g/mol. The molecule has 218 valence electrons. The number of benzene rings is 4. The highest BCUT2D eigenvalue weighted by Gasteiger charge is 2.20. The second kappa shape index (κ2) is 11.8. The fourth-order valence-corrected chi connectivity index (χ4v) is 5.84. The number of hydrogen-bond donors (Lipinski definition) is 0. The van der Waals surface area contributed by atoms with E-state index in [0.29, 0.717) is 18.0 Å². The van der Waals surface area contributed by atoms with Gasteiger partial charge in [-0.1, -0.05) is 24.3 Å². The van der Waals surface area contributed by atoms with Crippen LogP contribution in [0.15, 0.2) is 90.1 Å². The minimum Gasteiger partial charge on any atom is -0.497 e. The zero-order valence-corrected chi connectivity index (χ0v) is 25.6. The topological polar surface area (TPSA) is 76.9 Å². The normalized spacial score (nSPS) is 11.5. The Kier molecular flexibility index (Phi) is 8.13. The summed E-state index contributed by atoms with van der Waals surface area (Å²) in [4.78, 5) is 9.54. The van der Waals surface area contributed by atoms with Crippen molar-refractivity contribution in [2.45, 2.75) is 24.9 Å². The Hall–Kier alpha value is -4.50. The Morgan fingerprint density at radius 2 is 1.38 bits per heavy atom. The Labute approximate surface area is 247 Å². The van der Waals surface area contributed by atoms with Crippen molar-refractivity contribution in [3.63, 3.8) is 0 Å². The third-order valence-electron chi connectivity index (χ3n) is 7.55. The molecule has 0 bridgehead atoms. The van der Waals surface area contributed by atoms with E-state index < -0.39 is 9.84 Å². The summed E-state index contributed by atoms with van der Waals surface area (Å²) in [5.74, 6) is 1.63. The molecule has 5 aromatic rings. The average Bonchev–Trinajstić information content (AvgIpc) is 3.36. The molecule has 5 rings (SSSR count). The molecule has 0 aliphatic carbocycles. The van der Waals surface area contributed by atoms with Gasteiger partial charge in [-0.25, -0.2) is 13.4 Å². The zero-order valence-electron chi connectivity index (χ0n) is 24.8. The van der Waals surface area contributed by atoms with E-state index in [2.05, 4.69) is 46.2 Å². The molecular weight excluding hydrogens is 548 g/mol. The van der Waals surface area contributed by atoms with Gasteiger partial charge in [-0.3, -0.25) is 0 Å². The van der Waals surface area contributed by atoms with E-state index in [1.807, 2.05) is 62.2 Å². The molecule has 8 nitrogen and oxygen atoms in total. The number of rotatable bonds is 10. The lowest BCUT2D eigenvalue weighted by atomic mass is 10.1. The van der Waals surface area contributed by atoms with Gasteiger partial charge in [0, 0.05) is 44.8 Å². The van der Waals surface area contributed by atoms with Crippen molar-refractivity contribution in [3.05, 3.63) is 102 Å². The number of fused-ring (bicyclic) bond motifs is 1. The highest BCUT2D eigenvalue weighted by Crippen LogP contribution is 2.37. The number of ether oxygens (including phenoxy) is 2. The Morgan fingerprint density at radius 3 is 1.88 bits per heavy atom. The summed E-state index contributed by atoms with van der Waals surface area (Å²) < 4.78 is 37.1. The quantitative estimate of drug-likeness (QED) is 0.191. The van der Waals surface area contributed by atoms with Crippen molar-refractivity contribution in [2.75, 3.05) is 37.3 Å². The van der Waals surface area contributed by atoms with Gasteiger partial charge in [0.05, 0.1) is 36.6 Å². The largest absolute Gasteiger partial charge is 0.497 e. The number of aryl methyl sites for hydroxylation is 2. The van der Waals surface area contributed by atoms with Gasteiger partial charge in [-0.05, 0) is 78.2 Å². The number of nitrogens with zero attached hydrogens (tertiary/aromatic N) is 4. The highest BCUT2D eigenvalue weighted by atomic mass is 32.2. The van der Waals surface area contributed by atoms with Crippen LogP contribution in [0.4, 0.5) is 17.1 Å². The van der Waals surface area contributed by atoms with Crippen LogP contribution in [0.25, 0.3) is 11.0 Å². The molecule has 0 amide bonds. The molecule has 0 radical (unpaired) electrons. The first kappa shape index (κ1) is 29.0. The molecule has 0 aliphatic heterocycles. The number of hydrogen-bond acceptors (Lipinski definition) is 7. The van der Waals surface area contributed by atoms with Crippen LogP contribution < -0.4 is 19.3 Å². The molecule has 1 heterocycles. The zero-order chi connectivity index (χ0) is 30.0. The lowest BCUT2D eigenvalue weighted by Gasteiger charge is -2.29. The van der Waals surface area contributed by atoms with Crippen molar-refractivity contribution >= 4 is 37.9 Å². The number of aromatic nitrogens is 2. The molecule has 0 saturated heterocycles. The molecule has 0 N–H and O–H groups in total. The first-order valence-electron chi connectivity index (χ1n) is 13.6. The fourth-order valence-electron chi connectivity index (χ4n) is 5.14. The highest BCUT2D eigenvalue weighted by molar-refractivity contribution is 7.90. The summed E-state index contributed by atoms with van der Waals surface area (Å²) in [7, 11) is 4.03. The van der Waals surface area contributed by atoms with Crippen molar-refractivity contribution in [1.82, 2.24) is 9.55 Å². The third-order valence-corrected chi connectivity index (χ3v) is 8.66. The number of anilines is 3. The van der Waals surface area contributed by atoms with Crippen molar-refractivity contribution in [3.8, 4) is 11.5 Å². The standard InChI is InChI=1S/C33H36N4O4S/c1-23-17-29(42(6,38)39)15-16-30(23)36(3)26-18-31-33(34-22-35(31)2)32(19-26)37(20-24-7-11-27(40-4)12-8-24)21-25-9-13-28(41-5)14-10-25/h7-19,22H,20-21H2,1-6H3. The van der Waals surface area contributed by atoms with Crippen molar-refractivity contribution in [1.29, 1.82) is 0 Å². The maximum Gasteiger partial charge on any atom is 0.175 e. The summed E-state index contributed by atoms with van der Waals surface area (Å²) in [6.07, 6.45) is 3.07. The minimum absolute atomic E-state index is 0.310. The van der Waals surface area contributed by atoms with E-state index in [1.165, 1.54) is 6.26 Å². The van der Waals surface area contributed by atoms with E-state index in [-0.39, 0.29) is 0 Å². The van der Waals surface area contributed by atoms with Crippen LogP contribution in [0.2, 0.25) is 0 Å². The van der Waals surface area contributed by atoms with Crippen LogP contribution in [-0.4, -0.2) is 45.5 Å². The summed E-state index contributed by atoms with van der Waals surface area (Å²) in [5.41, 5.74) is 7.93. The van der Waals surface area contributed by atoms with Crippen molar-refractivity contribution in [2.24, 2.45) is 7.05 Å². The van der Waals surface area contributed by atoms with Crippen LogP contribution in [0, 0.1) is 6.92 Å². The van der Waals surface area contributed by atoms with Crippen LogP contribution >= 0.6 is 0 Å². The maximum atomic E-state index is 12.1. The van der Waals surface area contributed by atoms with E-state index in [9.17, 15) is 8.42 Å². The maximum absolute atomic E-state index is 12.1. The minimum atomic E-state index is -3.30. The first-order valence-corrected chi connectivity index (χ1v) is 15.5. The smallest absolute Gasteiger partial charge is 0.175 e. The predicted octanol–water partition coefficient (Wildman–Crippen LogP) is 6.28. The van der Waals surface area contributed by atoms with Gasteiger partial charge >= 0.3 is 0 Å². The molecule has 0 spiro atoms. The van der Waals surface area contributed by atoms with Gasteiger partial charge in [0.1, 0.15) is 17.0 Å². The van der Waals surface area contributed by atoms with E-state index in [0.717, 1.165) is 56.3 Å². The molecule has 0 fully saturated rings. The first-order chi connectivity index (χ1) is 20.1. The van der Waals surface area contributed by atoms with Gasteiger partial charge in [0.25, 0.3) is 0 Å². The second-order valence-electron chi connectivity index (χ2n) is 10.5. The van der Waals surface area contributed by atoms with Crippen LogP contribution in [0.5, 0.6) is 11.5 Å². The van der Waals surface area contributed by atoms with Gasteiger partial charge < -0.3 is 23.8 Å². The summed E-state index contributed by atoms with van der Waals surface area (Å²) in [6.45, 7) is 3.23. The number of sulfone groups is 1. The summed E-state index contributed by atoms with van der Waals surface area (Å²) in [6, 6.07) is 25.8. The Balaban J connectivity index is 1.61. The monoisotopic (exact) mass is 584 g/mol. The fraction of sp³-hybridized carbons (Fsp3) is 0.242. The molecule has 0 unspecified atom stereocenters. The molecule has 0 saturated carbocycles. The van der Waals surface area contributed by atoms with Crippen LogP contribution in [0.1, 0.15) is 16.7 Å². The lowest BCUT2D eigenvalue weighted by molar-refractivity contribution is 0.414. The van der Waals surface area contributed by atoms with Crippen LogP contribution in [0.3, 0.4) is 0 Å². The van der Waals surface area contributed by atoms with Gasteiger partial charge in [-0.15, -0.1) is 0 Å². The molecule has 1 aromatic heterocycles. The second-order valence-corrected chi connectivity index (χ2v) is 12.5. The number of methoxy groups -OCH3 is 2. The molecule has 0 atom stereocenters. The van der Waals surface area contributed by atoms with Gasteiger partial charge in [0.15, 0.2) is 9.84 Å². The Morgan fingerprint density at radius 1 is 0.810 bits per heavy atom. The van der Waals surface area contributed by atoms with E-state index in [4.69, 9.17) is 14.5 Å². The molecule has 9 heteroatoms. The molecular formula is C33H36N4O4S. The van der Waals surface area contributed by atoms with Crippen LogP contribution in [-0.2, 0) is 30.0 Å². The van der Waals surface area contributed by atoms with E-state index in [1.54, 1.807) is 26.4 Å². The molecule has 42 heavy (non-hydrogen) atoms. The molecule has 4 aromatic carbocycles. The molecule has 0 aliphatic rings. The van der Waals surface area contributed by atoms with Gasteiger partial charge in [0.2, 0.25) is 0 Å². The number of imidazole rings is 1. The van der Waals surface area contributed by atoms with E-state index >= 15 is 0 Å². The lowest BCUT2D eigenvalue weighted by Crippen LogP contribution is -2.23. The van der Waals surface area contributed by atoms with Crippen molar-refractivity contribution < 1.29 is 17.9 Å².